The van der Waals surface area contributed by atoms with Crippen molar-refractivity contribution in [3.8, 4) is 0 Å². The number of aryl methyl sites for hydroxylation is 3. The Kier molecular flexibility index (Phi) is 6.34. The Morgan fingerprint density at radius 1 is 1.22 bits per heavy atom. The molecule has 3 rings (SSSR count). The van der Waals surface area contributed by atoms with Crippen LogP contribution in [0.1, 0.15) is 61.9 Å². The molecule has 146 valence electrons. The number of furan rings is 1. The maximum absolute atomic E-state index is 12.8. The van der Waals surface area contributed by atoms with Crippen LogP contribution >= 0.6 is 11.3 Å². The number of carbonyl (C=O) groups excluding carboxylic acids is 2. The van der Waals surface area contributed by atoms with Gasteiger partial charge in [-0.25, -0.2) is 0 Å². The number of hydrogen-bond acceptors (Lipinski definition) is 5. The monoisotopic (exact) mass is 390 g/mol. The van der Waals surface area contributed by atoms with Crippen LogP contribution in [0, 0.1) is 13.8 Å². The zero-order valence-electron chi connectivity index (χ0n) is 16.1. The fourth-order valence-corrected chi connectivity index (χ4v) is 4.71. The summed E-state index contributed by atoms with van der Waals surface area (Å²) in [5, 5.41) is 6.55. The van der Waals surface area contributed by atoms with Crippen LogP contribution in [0.25, 0.3) is 0 Å². The number of fused-ring (bicyclic) bond motifs is 1. The van der Waals surface area contributed by atoms with Gasteiger partial charge in [-0.3, -0.25) is 9.59 Å². The van der Waals surface area contributed by atoms with E-state index in [9.17, 15) is 9.59 Å². The van der Waals surface area contributed by atoms with Gasteiger partial charge < -0.3 is 19.8 Å². The molecule has 0 saturated carbocycles. The van der Waals surface area contributed by atoms with Gasteiger partial charge in [0.05, 0.1) is 11.1 Å². The Balaban J connectivity index is 1.83. The average Bonchev–Trinajstić information content (AvgIpc) is 3.17. The van der Waals surface area contributed by atoms with E-state index in [0.717, 1.165) is 37.7 Å². The number of thiophene rings is 1. The van der Waals surface area contributed by atoms with Gasteiger partial charge in [0.15, 0.2) is 0 Å². The molecule has 0 aliphatic heterocycles. The second-order valence-electron chi connectivity index (χ2n) is 6.80. The largest absolute Gasteiger partial charge is 0.466 e. The molecule has 1 aliphatic carbocycles. The van der Waals surface area contributed by atoms with E-state index in [-0.39, 0.29) is 11.8 Å². The number of hydrogen-bond donors (Lipinski definition) is 2. The van der Waals surface area contributed by atoms with Crippen molar-refractivity contribution < 1.29 is 18.7 Å². The molecule has 1 aliphatic rings. The molecule has 0 atom stereocenters. The molecule has 0 spiro atoms. The first-order chi connectivity index (χ1) is 13.0. The van der Waals surface area contributed by atoms with E-state index in [1.807, 2.05) is 6.92 Å². The molecule has 2 aromatic rings. The van der Waals surface area contributed by atoms with Crippen molar-refractivity contribution in [1.82, 2.24) is 5.32 Å². The van der Waals surface area contributed by atoms with E-state index in [0.29, 0.717) is 40.8 Å². The molecule has 0 saturated heterocycles. The van der Waals surface area contributed by atoms with E-state index in [1.54, 1.807) is 20.1 Å². The molecular formula is C20H26N2O4S. The molecule has 0 radical (unpaired) electrons. The summed E-state index contributed by atoms with van der Waals surface area (Å²) < 4.78 is 10.5. The highest BCUT2D eigenvalue weighted by Gasteiger charge is 2.27. The maximum Gasteiger partial charge on any atom is 0.259 e. The molecule has 2 heterocycles. The minimum absolute atomic E-state index is 0.124. The van der Waals surface area contributed by atoms with Crippen molar-refractivity contribution in [3.63, 3.8) is 0 Å². The molecule has 2 N–H and O–H groups in total. The smallest absolute Gasteiger partial charge is 0.259 e. The maximum atomic E-state index is 12.8. The highest BCUT2D eigenvalue weighted by Crippen LogP contribution is 2.38. The summed E-state index contributed by atoms with van der Waals surface area (Å²) in [4.78, 5) is 26.8. The van der Waals surface area contributed by atoms with E-state index in [2.05, 4.69) is 10.6 Å². The summed E-state index contributed by atoms with van der Waals surface area (Å²) in [5.41, 5.74) is 2.22. The molecule has 27 heavy (non-hydrogen) atoms. The topological polar surface area (TPSA) is 80.6 Å². The fourth-order valence-electron chi connectivity index (χ4n) is 3.43. The molecule has 2 aromatic heterocycles. The first-order valence-corrected chi connectivity index (χ1v) is 10.1. The van der Waals surface area contributed by atoms with E-state index in [1.165, 1.54) is 16.2 Å². The first kappa shape index (κ1) is 19.6. The highest BCUT2D eigenvalue weighted by molar-refractivity contribution is 7.17. The molecular weight excluding hydrogens is 364 g/mol. The fraction of sp³-hybridized carbons (Fsp3) is 0.500. The van der Waals surface area contributed by atoms with Gasteiger partial charge in [-0.2, -0.15) is 0 Å². The van der Waals surface area contributed by atoms with E-state index < -0.39 is 0 Å². The lowest BCUT2D eigenvalue weighted by atomic mass is 9.95. The molecule has 2 amide bonds. The number of nitrogens with one attached hydrogen (secondary N) is 2. The average molecular weight is 391 g/mol. The molecule has 0 unspecified atom stereocenters. The van der Waals surface area contributed by atoms with Crippen LogP contribution in [0.3, 0.4) is 0 Å². The second kappa shape index (κ2) is 8.71. The standard InChI is InChI=1S/C20H26N2O4S/c1-12-11-15(13(2)26-12)18(23)22-20-17(19(24)21-9-6-10-25-3)14-7-4-5-8-16(14)27-20/h11H,4-10H2,1-3H3,(H,21,24)(H,22,23). The van der Waals surface area contributed by atoms with Gasteiger partial charge in [-0.05, 0) is 57.6 Å². The lowest BCUT2D eigenvalue weighted by Gasteiger charge is -2.13. The number of amides is 2. The van der Waals surface area contributed by atoms with Crippen LogP contribution in [0.15, 0.2) is 10.5 Å². The summed E-state index contributed by atoms with van der Waals surface area (Å²) in [7, 11) is 1.64. The van der Waals surface area contributed by atoms with Gasteiger partial charge in [0, 0.05) is 25.1 Å². The van der Waals surface area contributed by atoms with Crippen LogP contribution in [-0.2, 0) is 17.6 Å². The van der Waals surface area contributed by atoms with Crippen LogP contribution in [0.4, 0.5) is 5.00 Å². The molecule has 0 fully saturated rings. The summed E-state index contributed by atoms with van der Waals surface area (Å²) >= 11 is 1.52. The van der Waals surface area contributed by atoms with Gasteiger partial charge in [-0.1, -0.05) is 0 Å². The number of rotatable bonds is 7. The van der Waals surface area contributed by atoms with Crippen LogP contribution in [0.2, 0.25) is 0 Å². The minimum atomic E-state index is -0.239. The molecule has 6 nitrogen and oxygen atoms in total. The number of carbonyl (C=O) groups is 2. The normalized spacial score (nSPS) is 13.3. The molecule has 0 aromatic carbocycles. The molecule has 0 bridgehead atoms. The zero-order valence-corrected chi connectivity index (χ0v) is 16.9. The first-order valence-electron chi connectivity index (χ1n) is 9.31. The third-order valence-corrected chi connectivity index (χ3v) is 5.93. The molecule has 7 heteroatoms. The summed E-state index contributed by atoms with van der Waals surface area (Å²) in [5.74, 6) is 0.911. The second-order valence-corrected chi connectivity index (χ2v) is 7.90. The Morgan fingerprint density at radius 3 is 2.70 bits per heavy atom. The summed E-state index contributed by atoms with van der Waals surface area (Å²) in [6.07, 6.45) is 4.79. The van der Waals surface area contributed by atoms with E-state index >= 15 is 0 Å². The van der Waals surface area contributed by atoms with Crippen molar-refractivity contribution in [2.75, 3.05) is 25.6 Å². The Morgan fingerprint density at radius 2 is 2.00 bits per heavy atom. The third kappa shape index (κ3) is 4.42. The quantitative estimate of drug-likeness (QED) is 0.704. The minimum Gasteiger partial charge on any atom is -0.466 e. The third-order valence-electron chi connectivity index (χ3n) is 4.72. The van der Waals surface area contributed by atoms with Gasteiger partial charge in [-0.15, -0.1) is 11.3 Å². The van der Waals surface area contributed by atoms with Crippen molar-refractivity contribution in [2.24, 2.45) is 0 Å². The van der Waals surface area contributed by atoms with Crippen LogP contribution < -0.4 is 10.6 Å². The summed E-state index contributed by atoms with van der Waals surface area (Å²) in [6.45, 7) is 4.73. The predicted octanol–water partition coefficient (Wildman–Crippen LogP) is 3.86. The Bertz CT molecular complexity index is 837. The lowest BCUT2D eigenvalue weighted by Crippen LogP contribution is -2.27. The van der Waals surface area contributed by atoms with Crippen LogP contribution in [0.5, 0.6) is 0 Å². The Hall–Kier alpha value is -2.12. The number of anilines is 1. The van der Waals surface area contributed by atoms with Gasteiger partial charge in [0.1, 0.15) is 16.5 Å². The van der Waals surface area contributed by atoms with Crippen molar-refractivity contribution in [1.29, 1.82) is 0 Å². The Labute approximate surface area is 163 Å². The number of ether oxygens (including phenoxy) is 1. The van der Waals surface area contributed by atoms with Crippen molar-refractivity contribution in [2.45, 2.75) is 46.0 Å². The lowest BCUT2D eigenvalue weighted by molar-refractivity contribution is 0.0948. The van der Waals surface area contributed by atoms with Crippen LogP contribution in [-0.4, -0.2) is 32.1 Å². The van der Waals surface area contributed by atoms with Gasteiger partial charge in [0.2, 0.25) is 0 Å². The van der Waals surface area contributed by atoms with E-state index in [4.69, 9.17) is 9.15 Å². The predicted molar refractivity (Wildman–Crippen MR) is 106 cm³/mol. The van der Waals surface area contributed by atoms with Crippen molar-refractivity contribution in [3.05, 3.63) is 39.2 Å². The van der Waals surface area contributed by atoms with Gasteiger partial charge >= 0.3 is 0 Å². The summed E-state index contributed by atoms with van der Waals surface area (Å²) in [6, 6.07) is 1.72. The highest BCUT2D eigenvalue weighted by atomic mass is 32.1. The SMILES string of the molecule is COCCCNC(=O)c1c(NC(=O)c2cc(C)oc2C)sc2c1CCCC2. The van der Waals surface area contributed by atoms with Gasteiger partial charge in [0.25, 0.3) is 11.8 Å². The van der Waals surface area contributed by atoms with Crippen molar-refractivity contribution >= 4 is 28.2 Å². The number of methoxy groups -OCH3 is 1. The zero-order chi connectivity index (χ0) is 19.4.